The van der Waals surface area contributed by atoms with Crippen molar-refractivity contribution in [3.8, 4) is 0 Å². The molecule has 2 aliphatic rings. The van der Waals surface area contributed by atoms with Crippen LogP contribution in [0.2, 0.25) is 0 Å². The maximum atomic E-state index is 6.11. The summed E-state index contributed by atoms with van der Waals surface area (Å²) in [5.41, 5.74) is 2.79. The number of rotatable bonds is 6. The lowest BCUT2D eigenvalue weighted by Crippen LogP contribution is -2.61. The number of hydrogen-bond donors (Lipinski definition) is 0. The predicted octanol–water partition coefficient (Wildman–Crippen LogP) is 4.16. The maximum absolute atomic E-state index is 6.11. The Morgan fingerprint density at radius 1 is 0.966 bits per heavy atom. The van der Waals surface area contributed by atoms with Crippen molar-refractivity contribution in [1.29, 1.82) is 0 Å². The summed E-state index contributed by atoms with van der Waals surface area (Å²) in [7, 11) is 0. The normalized spacial score (nSPS) is 25.7. The zero-order valence-electron chi connectivity index (χ0n) is 18.0. The SMILES string of the molecule is CC1(C)CC(CCc2ccccn2)(N2CCN(Cc3ccccc3)CC2)CCO1. The lowest BCUT2D eigenvalue weighted by atomic mass is 9.76. The van der Waals surface area contributed by atoms with Gasteiger partial charge in [-0.1, -0.05) is 36.4 Å². The summed E-state index contributed by atoms with van der Waals surface area (Å²) in [5.74, 6) is 0. The molecule has 2 aliphatic heterocycles. The Balaban J connectivity index is 1.42. The van der Waals surface area contributed by atoms with Gasteiger partial charge in [0.25, 0.3) is 0 Å². The third kappa shape index (κ3) is 5.25. The Kier molecular flexibility index (Phi) is 6.33. The molecule has 1 aromatic carbocycles. The topological polar surface area (TPSA) is 28.6 Å². The van der Waals surface area contributed by atoms with Crippen molar-refractivity contribution < 1.29 is 4.74 Å². The van der Waals surface area contributed by atoms with Crippen LogP contribution in [0, 0.1) is 0 Å². The first kappa shape index (κ1) is 20.5. The molecular weight excluding hydrogens is 358 g/mol. The lowest BCUT2D eigenvalue weighted by molar-refractivity contribution is -0.130. The van der Waals surface area contributed by atoms with Crippen molar-refractivity contribution in [1.82, 2.24) is 14.8 Å². The number of benzene rings is 1. The van der Waals surface area contributed by atoms with Crippen LogP contribution in [0.3, 0.4) is 0 Å². The molecule has 2 fully saturated rings. The van der Waals surface area contributed by atoms with Crippen LogP contribution in [-0.4, -0.2) is 58.7 Å². The fourth-order valence-corrected chi connectivity index (χ4v) is 5.22. The zero-order valence-corrected chi connectivity index (χ0v) is 18.0. The van der Waals surface area contributed by atoms with Crippen molar-refractivity contribution in [2.75, 3.05) is 32.8 Å². The predicted molar refractivity (Wildman–Crippen MR) is 118 cm³/mol. The molecule has 0 radical (unpaired) electrons. The van der Waals surface area contributed by atoms with E-state index in [-0.39, 0.29) is 11.1 Å². The van der Waals surface area contributed by atoms with Crippen LogP contribution < -0.4 is 0 Å². The first-order valence-corrected chi connectivity index (χ1v) is 11.1. The quantitative estimate of drug-likeness (QED) is 0.737. The van der Waals surface area contributed by atoms with Gasteiger partial charge in [-0.2, -0.15) is 0 Å². The summed E-state index contributed by atoms with van der Waals surface area (Å²) in [6.07, 6.45) is 6.35. The van der Waals surface area contributed by atoms with Crippen LogP contribution in [0.4, 0.5) is 0 Å². The first-order valence-electron chi connectivity index (χ1n) is 11.1. The molecule has 29 heavy (non-hydrogen) atoms. The van der Waals surface area contributed by atoms with E-state index in [1.54, 1.807) is 0 Å². The first-order chi connectivity index (χ1) is 14.0. The minimum absolute atomic E-state index is 0.0520. The van der Waals surface area contributed by atoms with Gasteiger partial charge in [-0.25, -0.2) is 0 Å². The highest BCUT2D eigenvalue weighted by Gasteiger charge is 2.45. The third-order valence-corrected chi connectivity index (χ3v) is 6.68. The Morgan fingerprint density at radius 2 is 1.72 bits per heavy atom. The minimum atomic E-state index is -0.0520. The lowest BCUT2D eigenvalue weighted by Gasteiger charge is -2.53. The van der Waals surface area contributed by atoms with Crippen molar-refractivity contribution in [2.45, 2.75) is 57.2 Å². The van der Waals surface area contributed by atoms with Crippen LogP contribution in [0.25, 0.3) is 0 Å². The van der Waals surface area contributed by atoms with Gasteiger partial charge in [0, 0.05) is 56.8 Å². The molecule has 0 spiro atoms. The van der Waals surface area contributed by atoms with E-state index in [1.165, 1.54) is 11.3 Å². The molecule has 2 saturated heterocycles. The second kappa shape index (κ2) is 8.95. The number of piperazine rings is 1. The molecule has 0 amide bonds. The molecule has 0 aliphatic carbocycles. The average molecular weight is 394 g/mol. The molecular formula is C25H35N3O. The van der Waals surface area contributed by atoms with E-state index in [4.69, 9.17) is 4.74 Å². The Bertz CT molecular complexity index is 756. The number of nitrogens with zero attached hydrogens (tertiary/aromatic N) is 3. The number of pyridine rings is 1. The van der Waals surface area contributed by atoms with E-state index in [0.29, 0.717) is 0 Å². The van der Waals surface area contributed by atoms with Gasteiger partial charge in [0.05, 0.1) is 5.60 Å². The van der Waals surface area contributed by atoms with E-state index in [1.807, 2.05) is 12.3 Å². The van der Waals surface area contributed by atoms with Crippen LogP contribution in [-0.2, 0) is 17.7 Å². The number of aromatic nitrogens is 1. The van der Waals surface area contributed by atoms with Crippen LogP contribution in [0.5, 0.6) is 0 Å². The smallest absolute Gasteiger partial charge is 0.0644 e. The van der Waals surface area contributed by atoms with Crippen LogP contribution >= 0.6 is 0 Å². The van der Waals surface area contributed by atoms with Gasteiger partial charge in [-0.3, -0.25) is 14.8 Å². The van der Waals surface area contributed by atoms with Gasteiger partial charge in [0.1, 0.15) is 0 Å². The van der Waals surface area contributed by atoms with Crippen LogP contribution in [0.1, 0.15) is 44.4 Å². The molecule has 0 bridgehead atoms. The van der Waals surface area contributed by atoms with Gasteiger partial charge in [0.15, 0.2) is 0 Å². The largest absolute Gasteiger partial charge is 0.375 e. The van der Waals surface area contributed by atoms with Crippen molar-refractivity contribution in [2.24, 2.45) is 0 Å². The van der Waals surface area contributed by atoms with Gasteiger partial charge < -0.3 is 4.74 Å². The van der Waals surface area contributed by atoms with Gasteiger partial charge in [-0.05, 0) is 57.2 Å². The minimum Gasteiger partial charge on any atom is -0.375 e. The standard InChI is InChI=1S/C25H35N3O/c1-24(2)21-25(13-19-29-24,12-11-23-10-6-7-14-26-23)28-17-15-27(16-18-28)20-22-8-4-3-5-9-22/h3-10,14H,11-13,15-21H2,1-2H3. The Labute approximate surface area is 175 Å². The Morgan fingerprint density at radius 3 is 2.41 bits per heavy atom. The monoisotopic (exact) mass is 393 g/mol. The summed E-state index contributed by atoms with van der Waals surface area (Å²) < 4.78 is 6.11. The average Bonchev–Trinajstić information content (AvgIpc) is 2.74. The highest BCUT2D eigenvalue weighted by Crippen LogP contribution is 2.40. The molecule has 1 aromatic heterocycles. The molecule has 0 N–H and O–H groups in total. The molecule has 0 saturated carbocycles. The highest BCUT2D eigenvalue weighted by atomic mass is 16.5. The molecule has 4 nitrogen and oxygen atoms in total. The molecule has 156 valence electrons. The maximum Gasteiger partial charge on any atom is 0.0644 e. The summed E-state index contributed by atoms with van der Waals surface area (Å²) in [6, 6.07) is 17.1. The summed E-state index contributed by atoms with van der Waals surface area (Å²) in [6.45, 7) is 11.0. The molecule has 4 heteroatoms. The van der Waals surface area contributed by atoms with Crippen molar-refractivity contribution in [3.05, 3.63) is 66.0 Å². The summed E-state index contributed by atoms with van der Waals surface area (Å²) in [4.78, 5) is 9.96. The number of hydrogen-bond acceptors (Lipinski definition) is 4. The fraction of sp³-hybridized carbons (Fsp3) is 0.560. The van der Waals surface area contributed by atoms with Crippen molar-refractivity contribution in [3.63, 3.8) is 0 Å². The van der Waals surface area contributed by atoms with Gasteiger partial charge >= 0.3 is 0 Å². The highest BCUT2D eigenvalue weighted by molar-refractivity contribution is 5.14. The van der Waals surface area contributed by atoms with Gasteiger partial charge in [0.2, 0.25) is 0 Å². The fourth-order valence-electron chi connectivity index (χ4n) is 5.22. The molecule has 3 heterocycles. The third-order valence-electron chi connectivity index (χ3n) is 6.68. The van der Waals surface area contributed by atoms with E-state index in [9.17, 15) is 0 Å². The second-order valence-corrected chi connectivity index (χ2v) is 9.33. The molecule has 4 rings (SSSR count). The summed E-state index contributed by atoms with van der Waals surface area (Å²) >= 11 is 0. The molecule has 1 atom stereocenters. The van der Waals surface area contributed by atoms with Crippen molar-refractivity contribution >= 4 is 0 Å². The zero-order chi connectivity index (χ0) is 20.2. The summed E-state index contributed by atoms with van der Waals surface area (Å²) in [5, 5.41) is 0. The molecule has 2 aromatic rings. The Hall–Kier alpha value is -1.75. The molecule has 1 unspecified atom stereocenters. The number of ether oxygens (including phenoxy) is 1. The van der Waals surface area contributed by atoms with E-state index < -0.39 is 0 Å². The van der Waals surface area contributed by atoms with E-state index in [0.717, 1.165) is 65.0 Å². The number of aryl methyl sites for hydroxylation is 1. The second-order valence-electron chi connectivity index (χ2n) is 9.33. The van der Waals surface area contributed by atoms with E-state index in [2.05, 4.69) is 71.1 Å². The van der Waals surface area contributed by atoms with Crippen LogP contribution in [0.15, 0.2) is 54.7 Å². The van der Waals surface area contributed by atoms with Gasteiger partial charge in [-0.15, -0.1) is 0 Å². The van der Waals surface area contributed by atoms with E-state index >= 15 is 0 Å².